The smallest absolute Gasteiger partial charge is 0.000729 e. The van der Waals surface area contributed by atoms with Gasteiger partial charge in [0.1, 0.15) is 0 Å². The van der Waals surface area contributed by atoms with Crippen LogP contribution in [0, 0.1) is 0 Å². The number of hydrogen-bond acceptors (Lipinski definition) is 0. The minimum Gasteiger partial charge on any atom is -0.0619 e. The Labute approximate surface area is 138 Å². The van der Waals surface area contributed by atoms with Crippen molar-refractivity contribution in [2.75, 3.05) is 0 Å². The Morgan fingerprint density at radius 2 is 1.39 bits per heavy atom. The molecular weight excluding hydrogens is 276 g/mol. The molecule has 0 aliphatic heterocycles. The van der Waals surface area contributed by atoms with E-state index in [1.807, 2.05) is 0 Å². The molecule has 0 amide bonds. The molecule has 0 saturated heterocycles. The topological polar surface area (TPSA) is 0 Å². The molecule has 0 aromatic heterocycles. The highest BCUT2D eigenvalue weighted by Gasteiger charge is 2.21. The molecule has 0 radical (unpaired) electrons. The van der Waals surface area contributed by atoms with Gasteiger partial charge in [0.05, 0.1) is 0 Å². The van der Waals surface area contributed by atoms with E-state index in [4.69, 9.17) is 0 Å². The van der Waals surface area contributed by atoms with Crippen molar-refractivity contribution < 1.29 is 0 Å². The van der Waals surface area contributed by atoms with E-state index < -0.39 is 0 Å². The second-order valence-corrected chi connectivity index (χ2v) is 7.50. The first-order chi connectivity index (χ1) is 11.0. The summed E-state index contributed by atoms with van der Waals surface area (Å²) in [7, 11) is 0. The van der Waals surface area contributed by atoms with E-state index in [-0.39, 0.29) is 5.41 Å². The van der Waals surface area contributed by atoms with Crippen molar-refractivity contribution in [3.05, 3.63) is 83.4 Å². The Morgan fingerprint density at radius 3 is 2.22 bits per heavy atom. The zero-order valence-corrected chi connectivity index (χ0v) is 14.1. The molecule has 23 heavy (non-hydrogen) atoms. The van der Waals surface area contributed by atoms with Crippen LogP contribution >= 0.6 is 0 Å². The van der Waals surface area contributed by atoms with Gasteiger partial charge in [0.2, 0.25) is 0 Å². The maximum absolute atomic E-state index is 2.36. The summed E-state index contributed by atoms with van der Waals surface area (Å²) < 4.78 is 0. The van der Waals surface area contributed by atoms with Crippen molar-refractivity contribution in [1.82, 2.24) is 0 Å². The maximum Gasteiger partial charge on any atom is -0.000729 e. The first kappa shape index (κ1) is 14.3. The summed E-state index contributed by atoms with van der Waals surface area (Å²) in [6.45, 7) is 6.83. The Kier molecular flexibility index (Phi) is 3.16. The van der Waals surface area contributed by atoms with Crippen LogP contribution in [-0.4, -0.2) is 0 Å². The summed E-state index contributed by atoms with van der Waals surface area (Å²) in [6.07, 6.45) is 1.04. The molecule has 114 valence electrons. The third kappa shape index (κ3) is 2.39. The quantitative estimate of drug-likeness (QED) is 0.391. The number of benzene rings is 3. The van der Waals surface area contributed by atoms with Crippen molar-refractivity contribution in [2.24, 2.45) is 0 Å². The fourth-order valence-corrected chi connectivity index (χ4v) is 3.58. The summed E-state index contributed by atoms with van der Waals surface area (Å²) in [5.41, 5.74) is 10.0. The van der Waals surface area contributed by atoms with E-state index in [0.717, 1.165) is 6.42 Å². The molecule has 4 rings (SSSR count). The van der Waals surface area contributed by atoms with Gasteiger partial charge in [-0.25, -0.2) is 0 Å². The van der Waals surface area contributed by atoms with Crippen LogP contribution in [0.5, 0.6) is 0 Å². The zero-order valence-electron chi connectivity index (χ0n) is 14.1. The normalized spacial score (nSPS) is 12.8. The highest BCUT2D eigenvalue weighted by atomic mass is 14.3. The van der Waals surface area contributed by atoms with Crippen molar-refractivity contribution in [3.63, 3.8) is 0 Å². The lowest BCUT2D eigenvalue weighted by atomic mass is 9.84. The van der Waals surface area contributed by atoms with Crippen LogP contribution in [0.2, 0.25) is 0 Å². The first-order valence-electron chi connectivity index (χ1n) is 8.35. The van der Waals surface area contributed by atoms with Crippen molar-refractivity contribution in [3.8, 4) is 22.3 Å². The highest BCUT2D eigenvalue weighted by molar-refractivity contribution is 5.84. The molecule has 0 heteroatoms. The molecule has 3 aromatic rings. The van der Waals surface area contributed by atoms with Gasteiger partial charge in [-0.2, -0.15) is 0 Å². The van der Waals surface area contributed by atoms with Crippen LogP contribution in [-0.2, 0) is 11.8 Å². The van der Waals surface area contributed by atoms with Crippen LogP contribution in [0.25, 0.3) is 22.3 Å². The molecule has 1 aliphatic rings. The van der Waals surface area contributed by atoms with Crippen molar-refractivity contribution in [2.45, 2.75) is 32.6 Å². The minimum atomic E-state index is 0.178. The van der Waals surface area contributed by atoms with Gasteiger partial charge in [-0.15, -0.1) is 0 Å². The van der Waals surface area contributed by atoms with Crippen LogP contribution in [0.15, 0.2) is 66.7 Å². The third-order valence-electron chi connectivity index (χ3n) is 4.89. The SMILES string of the molecule is CC(C)(C)c1cccc(-c2cccc3c2Cc2ccccc2-3)c1. The predicted molar refractivity (Wildman–Crippen MR) is 98.8 cm³/mol. The summed E-state index contributed by atoms with van der Waals surface area (Å²) in [6, 6.07) is 24.5. The molecule has 0 unspecified atom stereocenters. The number of fused-ring (bicyclic) bond motifs is 3. The van der Waals surface area contributed by atoms with E-state index in [1.165, 1.54) is 38.9 Å². The van der Waals surface area contributed by atoms with Gasteiger partial charge < -0.3 is 0 Å². The molecule has 0 bridgehead atoms. The molecule has 1 aliphatic carbocycles. The van der Waals surface area contributed by atoms with Gasteiger partial charge in [0.15, 0.2) is 0 Å². The van der Waals surface area contributed by atoms with Crippen LogP contribution in [0.3, 0.4) is 0 Å². The highest BCUT2D eigenvalue weighted by Crippen LogP contribution is 2.41. The van der Waals surface area contributed by atoms with E-state index in [0.29, 0.717) is 0 Å². The first-order valence-corrected chi connectivity index (χ1v) is 8.35. The van der Waals surface area contributed by atoms with Gasteiger partial charge in [-0.05, 0) is 50.8 Å². The van der Waals surface area contributed by atoms with Gasteiger partial charge in [-0.1, -0.05) is 87.5 Å². The van der Waals surface area contributed by atoms with Crippen LogP contribution in [0.4, 0.5) is 0 Å². The Balaban J connectivity index is 1.87. The molecule has 0 saturated carbocycles. The molecule has 3 aromatic carbocycles. The van der Waals surface area contributed by atoms with Gasteiger partial charge >= 0.3 is 0 Å². The molecule has 0 N–H and O–H groups in total. The molecule has 0 heterocycles. The van der Waals surface area contributed by atoms with Gasteiger partial charge in [0.25, 0.3) is 0 Å². The van der Waals surface area contributed by atoms with Gasteiger partial charge in [-0.3, -0.25) is 0 Å². The molecule has 0 nitrogen and oxygen atoms in total. The summed E-state index contributed by atoms with van der Waals surface area (Å²) in [5.74, 6) is 0. The van der Waals surface area contributed by atoms with E-state index >= 15 is 0 Å². The Hall–Kier alpha value is -2.34. The second kappa shape index (κ2) is 5.09. The predicted octanol–water partition coefficient (Wildman–Crippen LogP) is 6.22. The summed E-state index contributed by atoms with van der Waals surface area (Å²) in [4.78, 5) is 0. The van der Waals surface area contributed by atoms with Crippen molar-refractivity contribution in [1.29, 1.82) is 0 Å². The lowest BCUT2D eigenvalue weighted by molar-refractivity contribution is 0.590. The monoisotopic (exact) mass is 298 g/mol. The minimum absolute atomic E-state index is 0.178. The van der Waals surface area contributed by atoms with E-state index in [1.54, 1.807) is 0 Å². The summed E-state index contributed by atoms with van der Waals surface area (Å²) >= 11 is 0. The number of hydrogen-bond donors (Lipinski definition) is 0. The fraction of sp³-hybridized carbons (Fsp3) is 0.217. The van der Waals surface area contributed by atoms with Crippen molar-refractivity contribution >= 4 is 0 Å². The van der Waals surface area contributed by atoms with Crippen LogP contribution < -0.4 is 0 Å². The third-order valence-corrected chi connectivity index (χ3v) is 4.89. The molecule has 0 spiro atoms. The average Bonchev–Trinajstić information content (AvgIpc) is 2.93. The Bertz CT molecular complexity index is 879. The fourth-order valence-electron chi connectivity index (χ4n) is 3.58. The molecular formula is C23H22. The number of rotatable bonds is 1. The standard InChI is InChI=1S/C23H22/c1-23(2,3)18-10-6-9-16(14-18)20-12-7-13-21-19-11-5-4-8-17(19)15-22(20)21/h4-14H,15H2,1-3H3. The average molecular weight is 298 g/mol. The largest absolute Gasteiger partial charge is 0.0619 e. The molecule has 0 fully saturated rings. The zero-order chi connectivity index (χ0) is 16.0. The van der Waals surface area contributed by atoms with Gasteiger partial charge in [0, 0.05) is 0 Å². The van der Waals surface area contributed by atoms with Crippen LogP contribution in [0.1, 0.15) is 37.5 Å². The maximum atomic E-state index is 2.36. The van der Waals surface area contributed by atoms with E-state index in [2.05, 4.69) is 87.5 Å². The Morgan fingerprint density at radius 1 is 0.696 bits per heavy atom. The van der Waals surface area contributed by atoms with E-state index in [9.17, 15) is 0 Å². The lowest BCUT2D eigenvalue weighted by Gasteiger charge is -2.20. The second-order valence-electron chi connectivity index (χ2n) is 7.50. The summed E-state index contributed by atoms with van der Waals surface area (Å²) in [5, 5.41) is 0. The lowest BCUT2D eigenvalue weighted by Crippen LogP contribution is -2.10. The molecule has 0 atom stereocenters.